The van der Waals surface area contributed by atoms with Gasteiger partial charge in [-0.3, -0.25) is 19.2 Å². The number of carboxylic acids is 2. The van der Waals surface area contributed by atoms with Crippen LogP contribution in [0, 0.1) is 5.92 Å². The highest BCUT2D eigenvalue weighted by Crippen LogP contribution is 2.20. The van der Waals surface area contributed by atoms with Gasteiger partial charge in [-0.1, -0.05) is 13.8 Å². The molecule has 0 aromatic heterocycles. The van der Waals surface area contributed by atoms with Crippen molar-refractivity contribution in [1.29, 1.82) is 0 Å². The summed E-state index contributed by atoms with van der Waals surface area (Å²) in [4.78, 5) is 61.4. The normalized spacial score (nSPS) is 18.9. The lowest BCUT2D eigenvalue weighted by Gasteiger charge is -2.29. The topological polar surface area (TPSA) is 199 Å². The van der Waals surface area contributed by atoms with E-state index in [1.54, 1.807) is 0 Å². The van der Waals surface area contributed by atoms with Crippen molar-refractivity contribution in [3.8, 4) is 0 Å². The van der Waals surface area contributed by atoms with Crippen LogP contribution in [0.3, 0.4) is 0 Å². The summed E-state index contributed by atoms with van der Waals surface area (Å²) >= 11 is 0. The molecule has 0 aromatic rings. The highest BCUT2D eigenvalue weighted by molar-refractivity contribution is 5.94. The molecule has 1 saturated heterocycles. The van der Waals surface area contributed by atoms with Crippen molar-refractivity contribution in [2.75, 3.05) is 13.2 Å². The molecule has 12 nitrogen and oxygen atoms in total. The minimum absolute atomic E-state index is 0.0236. The van der Waals surface area contributed by atoms with Crippen LogP contribution in [-0.4, -0.2) is 87.2 Å². The second-order valence-corrected chi connectivity index (χ2v) is 8.00. The molecule has 31 heavy (non-hydrogen) atoms. The molecule has 12 heteroatoms. The van der Waals surface area contributed by atoms with Gasteiger partial charge in [-0.2, -0.15) is 0 Å². The van der Waals surface area contributed by atoms with E-state index in [0.717, 1.165) is 4.90 Å². The first kappa shape index (κ1) is 26.3. The van der Waals surface area contributed by atoms with Gasteiger partial charge in [-0.15, -0.1) is 0 Å². The van der Waals surface area contributed by atoms with Crippen molar-refractivity contribution in [2.24, 2.45) is 11.7 Å². The summed E-state index contributed by atoms with van der Waals surface area (Å²) < 4.78 is 0. The Morgan fingerprint density at radius 2 is 1.68 bits per heavy atom. The molecule has 7 N–H and O–H groups in total. The number of aliphatic hydroxyl groups is 1. The number of aliphatic hydroxyl groups excluding tert-OH is 1. The summed E-state index contributed by atoms with van der Waals surface area (Å²) in [7, 11) is 0. The summed E-state index contributed by atoms with van der Waals surface area (Å²) in [5.41, 5.74) is 5.48. The van der Waals surface area contributed by atoms with Gasteiger partial charge >= 0.3 is 11.9 Å². The predicted molar refractivity (Wildman–Crippen MR) is 108 cm³/mol. The molecular formula is C19H32N4O8. The molecule has 4 unspecified atom stereocenters. The zero-order valence-electron chi connectivity index (χ0n) is 17.7. The minimum atomic E-state index is -1.26. The number of rotatable bonds is 12. The second-order valence-electron chi connectivity index (χ2n) is 8.00. The highest BCUT2D eigenvalue weighted by atomic mass is 16.4. The Kier molecular flexibility index (Phi) is 10.4. The van der Waals surface area contributed by atoms with Gasteiger partial charge in [-0.25, -0.2) is 4.79 Å². The van der Waals surface area contributed by atoms with E-state index in [-0.39, 0.29) is 31.7 Å². The van der Waals surface area contributed by atoms with E-state index in [9.17, 15) is 29.1 Å². The third-order valence-corrected chi connectivity index (χ3v) is 4.96. The van der Waals surface area contributed by atoms with E-state index in [4.69, 9.17) is 15.9 Å². The Bertz CT molecular complexity index is 684. The van der Waals surface area contributed by atoms with Crippen LogP contribution in [0.4, 0.5) is 0 Å². The maximum Gasteiger partial charge on any atom is 0.326 e. The Morgan fingerprint density at radius 3 is 2.19 bits per heavy atom. The smallest absolute Gasteiger partial charge is 0.326 e. The van der Waals surface area contributed by atoms with Gasteiger partial charge in [0, 0.05) is 13.0 Å². The molecule has 0 aromatic carbocycles. The first-order valence-electron chi connectivity index (χ1n) is 10.2. The Morgan fingerprint density at radius 1 is 1.06 bits per heavy atom. The number of nitrogens with two attached hydrogens (primary N) is 1. The van der Waals surface area contributed by atoms with Gasteiger partial charge in [0.25, 0.3) is 0 Å². The molecule has 1 rings (SSSR count). The zero-order chi connectivity index (χ0) is 23.7. The summed E-state index contributed by atoms with van der Waals surface area (Å²) in [5.74, 6) is -4.52. The van der Waals surface area contributed by atoms with Gasteiger partial charge < -0.3 is 36.6 Å². The Balaban J connectivity index is 3.01. The van der Waals surface area contributed by atoms with Crippen LogP contribution in [0.25, 0.3) is 0 Å². The third-order valence-electron chi connectivity index (χ3n) is 4.96. The molecular weight excluding hydrogens is 412 g/mol. The second kappa shape index (κ2) is 12.2. The molecule has 4 atom stereocenters. The van der Waals surface area contributed by atoms with E-state index in [1.807, 2.05) is 13.8 Å². The average Bonchev–Trinajstić information content (AvgIpc) is 3.18. The average molecular weight is 444 g/mol. The van der Waals surface area contributed by atoms with Crippen LogP contribution in [0.5, 0.6) is 0 Å². The fourth-order valence-corrected chi connectivity index (χ4v) is 3.35. The fraction of sp³-hybridized carbons (Fsp3) is 0.737. The van der Waals surface area contributed by atoms with Crippen LogP contribution in [0.1, 0.15) is 46.0 Å². The van der Waals surface area contributed by atoms with Gasteiger partial charge in [0.2, 0.25) is 17.7 Å². The maximum absolute atomic E-state index is 12.9. The maximum atomic E-state index is 12.9. The first-order valence-corrected chi connectivity index (χ1v) is 10.2. The summed E-state index contributed by atoms with van der Waals surface area (Å²) in [5, 5.41) is 32.2. The van der Waals surface area contributed by atoms with E-state index < -0.39 is 66.9 Å². The highest BCUT2D eigenvalue weighted by Gasteiger charge is 2.38. The molecule has 0 radical (unpaired) electrons. The van der Waals surface area contributed by atoms with E-state index in [2.05, 4.69) is 10.6 Å². The number of carbonyl (C=O) groups is 5. The van der Waals surface area contributed by atoms with Gasteiger partial charge in [0.15, 0.2) is 0 Å². The molecule has 0 saturated carbocycles. The number of likely N-dealkylation sites (tertiary alicyclic amines) is 1. The number of carboxylic acid groups (broad SMARTS) is 2. The SMILES string of the molecule is CC(C)CC(NC(=O)C(N)CO)C(=O)NC(CCC(=O)O)C(=O)N1CCCC1C(=O)O. The predicted octanol–water partition coefficient (Wildman–Crippen LogP) is -1.74. The Labute approximate surface area is 180 Å². The van der Waals surface area contributed by atoms with Crippen LogP contribution in [0.15, 0.2) is 0 Å². The number of nitrogens with zero attached hydrogens (tertiary/aromatic N) is 1. The van der Waals surface area contributed by atoms with Crippen molar-refractivity contribution in [2.45, 2.75) is 70.1 Å². The lowest BCUT2D eigenvalue weighted by atomic mass is 10.0. The molecule has 176 valence electrons. The summed E-state index contributed by atoms with van der Waals surface area (Å²) in [6.45, 7) is 3.19. The molecule has 1 fully saturated rings. The van der Waals surface area contributed by atoms with Crippen molar-refractivity contribution in [3.63, 3.8) is 0 Å². The summed E-state index contributed by atoms with van der Waals surface area (Å²) in [6, 6.07) is -4.60. The van der Waals surface area contributed by atoms with E-state index in [1.165, 1.54) is 0 Å². The molecule has 3 amide bonds. The number of hydrogen-bond acceptors (Lipinski definition) is 7. The van der Waals surface area contributed by atoms with Crippen molar-refractivity contribution >= 4 is 29.7 Å². The van der Waals surface area contributed by atoms with Crippen molar-refractivity contribution in [1.82, 2.24) is 15.5 Å². The number of hydrogen-bond donors (Lipinski definition) is 6. The largest absolute Gasteiger partial charge is 0.481 e. The zero-order valence-corrected chi connectivity index (χ0v) is 17.7. The van der Waals surface area contributed by atoms with Gasteiger partial charge in [-0.05, 0) is 31.6 Å². The fourth-order valence-electron chi connectivity index (χ4n) is 3.35. The van der Waals surface area contributed by atoms with E-state index >= 15 is 0 Å². The first-order chi connectivity index (χ1) is 14.5. The Hall–Kier alpha value is -2.73. The standard InChI is InChI=1S/C19H32N4O8/c1-10(2)8-13(22-16(27)11(20)9-24)17(28)21-12(5-6-15(25)26)18(29)23-7-3-4-14(23)19(30)31/h10-14,24H,3-9,20H2,1-2H3,(H,21,28)(H,22,27)(H,25,26)(H,30,31). The van der Waals surface area contributed by atoms with Crippen LogP contribution in [0.2, 0.25) is 0 Å². The number of amides is 3. The van der Waals surface area contributed by atoms with E-state index in [0.29, 0.717) is 6.42 Å². The third kappa shape index (κ3) is 8.13. The molecule has 0 spiro atoms. The van der Waals surface area contributed by atoms with Crippen LogP contribution in [-0.2, 0) is 24.0 Å². The molecule has 0 aliphatic carbocycles. The quantitative estimate of drug-likeness (QED) is 0.202. The van der Waals surface area contributed by atoms with Crippen LogP contribution >= 0.6 is 0 Å². The van der Waals surface area contributed by atoms with Crippen LogP contribution < -0.4 is 16.4 Å². The number of nitrogens with one attached hydrogen (secondary N) is 2. The lowest BCUT2D eigenvalue weighted by molar-refractivity contribution is -0.150. The molecule has 0 bridgehead atoms. The monoisotopic (exact) mass is 444 g/mol. The molecule has 1 heterocycles. The minimum Gasteiger partial charge on any atom is -0.481 e. The molecule has 1 aliphatic heterocycles. The van der Waals surface area contributed by atoms with Gasteiger partial charge in [0.1, 0.15) is 24.2 Å². The van der Waals surface area contributed by atoms with Gasteiger partial charge in [0.05, 0.1) is 6.61 Å². The lowest BCUT2D eigenvalue weighted by Crippen LogP contribution is -2.57. The number of aliphatic carboxylic acids is 2. The van der Waals surface area contributed by atoms with Crippen molar-refractivity contribution in [3.05, 3.63) is 0 Å². The summed E-state index contributed by atoms with van der Waals surface area (Å²) in [6.07, 6.45) is 0.302. The van der Waals surface area contributed by atoms with Crippen molar-refractivity contribution < 1.29 is 39.3 Å². The number of carbonyl (C=O) groups excluding carboxylic acids is 3. The molecule has 1 aliphatic rings.